The fourth-order valence-electron chi connectivity index (χ4n) is 1.89. The molecule has 0 aromatic carbocycles. The molecule has 1 atom stereocenters. The van der Waals surface area contributed by atoms with Crippen LogP contribution in [0.4, 0.5) is 0 Å². The summed E-state index contributed by atoms with van der Waals surface area (Å²) in [4.78, 5) is 0. The van der Waals surface area contributed by atoms with Crippen LogP contribution in [0.3, 0.4) is 0 Å². The van der Waals surface area contributed by atoms with Gasteiger partial charge in [0.1, 0.15) is 0 Å². The van der Waals surface area contributed by atoms with E-state index in [1.165, 1.54) is 19.3 Å². The molecule has 4 nitrogen and oxygen atoms in total. The van der Waals surface area contributed by atoms with Crippen molar-refractivity contribution in [1.82, 2.24) is 19.9 Å². The molecule has 4 heteroatoms. The molecule has 17 heavy (non-hydrogen) atoms. The molecule has 0 amide bonds. The largest absolute Gasteiger partial charge is 0.307 e. The highest BCUT2D eigenvalue weighted by Gasteiger charge is 2.06. The quantitative estimate of drug-likeness (QED) is 0.831. The molecule has 0 aliphatic carbocycles. The number of pyridine rings is 1. The Morgan fingerprint density at radius 2 is 2.24 bits per heavy atom. The van der Waals surface area contributed by atoms with E-state index in [-0.39, 0.29) is 0 Å². The average molecular weight is 232 g/mol. The number of nitrogens with zero attached hydrogens (tertiary/aromatic N) is 3. The Labute approximate surface area is 102 Å². The van der Waals surface area contributed by atoms with E-state index in [1.54, 1.807) is 0 Å². The van der Waals surface area contributed by atoms with Gasteiger partial charge in [-0.05, 0) is 25.5 Å². The summed E-state index contributed by atoms with van der Waals surface area (Å²) in [7, 11) is 0. The standard InChI is InChI=1S/C13H20N4/c1-3-4-7-11(2)14-10-13-16-15-12-8-5-6-9-17(12)13/h5-6,8-9,11,14H,3-4,7,10H2,1-2H3. The molecule has 1 unspecified atom stereocenters. The van der Waals surface area contributed by atoms with Crippen molar-refractivity contribution in [3.8, 4) is 0 Å². The molecular weight excluding hydrogens is 212 g/mol. The first-order valence-corrected chi connectivity index (χ1v) is 6.33. The Morgan fingerprint density at radius 1 is 1.35 bits per heavy atom. The van der Waals surface area contributed by atoms with Crippen LogP contribution in [0.25, 0.3) is 5.65 Å². The molecule has 1 N–H and O–H groups in total. The highest BCUT2D eigenvalue weighted by molar-refractivity contribution is 5.36. The number of nitrogens with one attached hydrogen (secondary N) is 1. The summed E-state index contributed by atoms with van der Waals surface area (Å²) in [5.74, 6) is 0.976. The predicted molar refractivity (Wildman–Crippen MR) is 68.8 cm³/mol. The van der Waals surface area contributed by atoms with Gasteiger partial charge in [0.25, 0.3) is 0 Å². The summed E-state index contributed by atoms with van der Waals surface area (Å²) >= 11 is 0. The van der Waals surface area contributed by atoms with E-state index in [2.05, 4.69) is 29.4 Å². The molecule has 2 rings (SSSR count). The molecule has 0 bridgehead atoms. The van der Waals surface area contributed by atoms with E-state index in [1.807, 2.05) is 28.8 Å². The Hall–Kier alpha value is -1.42. The Bertz CT molecular complexity index is 463. The molecule has 0 radical (unpaired) electrons. The van der Waals surface area contributed by atoms with Crippen LogP contribution in [0.2, 0.25) is 0 Å². The maximum Gasteiger partial charge on any atom is 0.160 e. The van der Waals surface area contributed by atoms with Gasteiger partial charge in [0.15, 0.2) is 11.5 Å². The van der Waals surface area contributed by atoms with Gasteiger partial charge in [0.2, 0.25) is 0 Å². The molecule has 0 aliphatic rings. The summed E-state index contributed by atoms with van der Waals surface area (Å²) < 4.78 is 2.03. The zero-order valence-electron chi connectivity index (χ0n) is 10.6. The van der Waals surface area contributed by atoms with Gasteiger partial charge in [-0.25, -0.2) is 0 Å². The third-order valence-corrected chi connectivity index (χ3v) is 2.98. The first-order chi connectivity index (χ1) is 8.31. The number of fused-ring (bicyclic) bond motifs is 1. The van der Waals surface area contributed by atoms with E-state index >= 15 is 0 Å². The van der Waals surface area contributed by atoms with Gasteiger partial charge in [0.05, 0.1) is 6.54 Å². The van der Waals surface area contributed by atoms with Gasteiger partial charge >= 0.3 is 0 Å². The van der Waals surface area contributed by atoms with E-state index in [0.29, 0.717) is 6.04 Å². The molecule has 2 aromatic rings. The highest BCUT2D eigenvalue weighted by atomic mass is 15.3. The van der Waals surface area contributed by atoms with Crippen LogP contribution < -0.4 is 5.32 Å². The van der Waals surface area contributed by atoms with Crippen molar-refractivity contribution in [3.63, 3.8) is 0 Å². The normalized spacial score (nSPS) is 13.1. The van der Waals surface area contributed by atoms with E-state index < -0.39 is 0 Å². The van der Waals surface area contributed by atoms with Crippen molar-refractivity contribution in [2.24, 2.45) is 0 Å². The summed E-state index contributed by atoms with van der Waals surface area (Å²) in [5.41, 5.74) is 0.908. The molecule has 0 spiro atoms. The van der Waals surface area contributed by atoms with Crippen molar-refractivity contribution < 1.29 is 0 Å². The van der Waals surface area contributed by atoms with Crippen LogP contribution in [-0.4, -0.2) is 20.6 Å². The van der Waals surface area contributed by atoms with Crippen LogP contribution in [0.5, 0.6) is 0 Å². The molecule has 0 fully saturated rings. The second-order valence-electron chi connectivity index (χ2n) is 4.47. The summed E-state index contributed by atoms with van der Waals surface area (Å²) in [6, 6.07) is 6.48. The van der Waals surface area contributed by atoms with Crippen molar-refractivity contribution in [2.45, 2.75) is 45.7 Å². The fraction of sp³-hybridized carbons (Fsp3) is 0.538. The zero-order valence-corrected chi connectivity index (χ0v) is 10.6. The van der Waals surface area contributed by atoms with E-state index in [9.17, 15) is 0 Å². The monoisotopic (exact) mass is 232 g/mol. The van der Waals surface area contributed by atoms with Crippen molar-refractivity contribution in [3.05, 3.63) is 30.2 Å². The summed E-state index contributed by atoms with van der Waals surface area (Å²) in [6.45, 7) is 5.22. The SMILES string of the molecule is CCCCC(C)NCc1nnc2ccccn12. The lowest BCUT2D eigenvalue weighted by atomic mass is 10.1. The Balaban J connectivity index is 1.95. The number of hydrogen-bond acceptors (Lipinski definition) is 3. The third-order valence-electron chi connectivity index (χ3n) is 2.98. The molecule has 0 saturated carbocycles. The minimum absolute atomic E-state index is 0.533. The molecule has 0 saturated heterocycles. The number of aromatic nitrogens is 3. The predicted octanol–water partition coefficient (Wildman–Crippen LogP) is 2.40. The second kappa shape index (κ2) is 5.77. The van der Waals surface area contributed by atoms with Gasteiger partial charge in [-0.15, -0.1) is 10.2 Å². The first kappa shape index (κ1) is 12.0. The van der Waals surface area contributed by atoms with Gasteiger partial charge in [0, 0.05) is 12.2 Å². The summed E-state index contributed by atoms with van der Waals surface area (Å²) in [5, 5.41) is 11.8. The van der Waals surface area contributed by atoms with Crippen LogP contribution in [0.1, 0.15) is 38.9 Å². The topological polar surface area (TPSA) is 42.2 Å². The maximum absolute atomic E-state index is 4.20. The first-order valence-electron chi connectivity index (χ1n) is 6.33. The minimum atomic E-state index is 0.533. The third kappa shape index (κ3) is 3.03. The smallest absolute Gasteiger partial charge is 0.160 e. The van der Waals surface area contributed by atoms with E-state index in [4.69, 9.17) is 0 Å². The number of hydrogen-bond donors (Lipinski definition) is 1. The molecule has 92 valence electrons. The molecular formula is C13H20N4. The molecule has 2 aromatic heterocycles. The average Bonchev–Trinajstić information content (AvgIpc) is 2.77. The number of unbranched alkanes of at least 4 members (excludes halogenated alkanes) is 1. The van der Waals surface area contributed by atoms with Crippen molar-refractivity contribution in [1.29, 1.82) is 0 Å². The van der Waals surface area contributed by atoms with Crippen LogP contribution >= 0.6 is 0 Å². The summed E-state index contributed by atoms with van der Waals surface area (Å²) in [6.07, 6.45) is 5.74. The number of rotatable bonds is 6. The zero-order chi connectivity index (χ0) is 12.1. The van der Waals surface area contributed by atoms with Gasteiger partial charge in [-0.2, -0.15) is 0 Å². The lowest BCUT2D eigenvalue weighted by Gasteiger charge is -2.12. The Morgan fingerprint density at radius 3 is 3.06 bits per heavy atom. The van der Waals surface area contributed by atoms with Gasteiger partial charge in [-0.1, -0.05) is 25.8 Å². The molecule has 2 heterocycles. The minimum Gasteiger partial charge on any atom is -0.307 e. The van der Waals surface area contributed by atoms with Crippen LogP contribution in [0.15, 0.2) is 24.4 Å². The lowest BCUT2D eigenvalue weighted by molar-refractivity contribution is 0.486. The molecule has 0 aliphatic heterocycles. The van der Waals surface area contributed by atoms with Gasteiger partial charge in [-0.3, -0.25) is 4.40 Å². The van der Waals surface area contributed by atoms with Crippen molar-refractivity contribution in [2.75, 3.05) is 0 Å². The van der Waals surface area contributed by atoms with Gasteiger partial charge < -0.3 is 5.32 Å². The lowest BCUT2D eigenvalue weighted by Crippen LogP contribution is -2.26. The van der Waals surface area contributed by atoms with E-state index in [0.717, 1.165) is 18.0 Å². The highest BCUT2D eigenvalue weighted by Crippen LogP contribution is 2.04. The fourth-order valence-corrected chi connectivity index (χ4v) is 1.89. The maximum atomic E-state index is 4.20. The van der Waals surface area contributed by atoms with Crippen LogP contribution in [-0.2, 0) is 6.54 Å². The Kier molecular flexibility index (Phi) is 4.09. The van der Waals surface area contributed by atoms with Crippen LogP contribution in [0, 0.1) is 0 Å². The second-order valence-corrected chi connectivity index (χ2v) is 4.47. The van der Waals surface area contributed by atoms with Crippen molar-refractivity contribution >= 4 is 5.65 Å².